The van der Waals surface area contributed by atoms with Crippen molar-refractivity contribution < 1.29 is 34.8 Å². The van der Waals surface area contributed by atoms with Gasteiger partial charge in [-0.25, -0.2) is 21.6 Å². The lowest BCUT2D eigenvalue weighted by Crippen LogP contribution is -2.49. The summed E-state index contributed by atoms with van der Waals surface area (Å²) in [5.41, 5.74) is -3.74. The molecule has 4 nitrogen and oxygen atoms in total. The van der Waals surface area contributed by atoms with Crippen LogP contribution in [0, 0.1) is 17.5 Å². The summed E-state index contributed by atoms with van der Waals surface area (Å²) in [5.74, 6) is -3.69. The summed E-state index contributed by atoms with van der Waals surface area (Å²) in [4.78, 5) is 3.31. The molecule has 0 saturated carbocycles. The van der Waals surface area contributed by atoms with E-state index < -0.39 is 55.2 Å². The second-order valence-electron chi connectivity index (χ2n) is 8.37. The van der Waals surface area contributed by atoms with Gasteiger partial charge in [0, 0.05) is 18.7 Å². The fourth-order valence-corrected chi connectivity index (χ4v) is 5.51. The molecule has 12 heteroatoms. The normalized spacial score (nSPS) is 13.8. The number of aromatic nitrogens is 1. The number of benzene rings is 3. The number of nitrogens with one attached hydrogen (secondary N) is 1. The lowest BCUT2D eigenvalue weighted by molar-refractivity contribution is -0.137. The zero-order chi connectivity index (χ0) is 27.7. The topological polar surface area (TPSA) is 59.1 Å². The molecule has 1 aromatic heterocycles. The fourth-order valence-electron chi connectivity index (χ4n) is 3.99. The van der Waals surface area contributed by atoms with Crippen LogP contribution in [-0.4, -0.2) is 13.4 Å². The van der Waals surface area contributed by atoms with E-state index in [1.807, 2.05) is 0 Å². The highest BCUT2D eigenvalue weighted by molar-refractivity contribution is 7.89. The molecule has 0 spiro atoms. The highest BCUT2D eigenvalue weighted by Crippen LogP contribution is 2.39. The maximum absolute atomic E-state index is 14.7. The van der Waals surface area contributed by atoms with E-state index in [-0.39, 0.29) is 23.2 Å². The van der Waals surface area contributed by atoms with E-state index >= 15 is 0 Å². The largest absolute Gasteiger partial charge is 0.416 e. The highest BCUT2D eigenvalue weighted by Gasteiger charge is 2.43. The van der Waals surface area contributed by atoms with E-state index in [0.717, 1.165) is 12.3 Å². The standard InChI is InChI=1S/C26H17ClF6N2O2S/c27-19-6-7-24(34-15-19)25(14-16-4-2-1-3-5-16,17-8-18(26(31,32)33)10-20(28)9-17)35-38(36,37)23-12-21(29)11-22(30)13-23/h1-13,15,35H,14H2/t25-/m0/s1. The number of hydrogen-bond acceptors (Lipinski definition) is 3. The number of halogens is 7. The quantitative estimate of drug-likeness (QED) is 0.254. The van der Waals surface area contributed by atoms with Gasteiger partial charge >= 0.3 is 6.18 Å². The SMILES string of the molecule is O=S(=O)(N[C@@](Cc1ccccc1)(c1cc(F)cc(C(F)(F)F)c1)c1ccc(Cl)cn1)c1cc(F)cc(F)c1. The van der Waals surface area contributed by atoms with Crippen molar-refractivity contribution in [3.8, 4) is 0 Å². The molecule has 0 radical (unpaired) electrons. The molecule has 0 aliphatic carbocycles. The molecule has 0 bridgehead atoms. The number of nitrogens with zero attached hydrogens (tertiary/aromatic N) is 1. The summed E-state index contributed by atoms with van der Waals surface area (Å²) in [7, 11) is -4.86. The third-order valence-electron chi connectivity index (χ3n) is 5.65. The van der Waals surface area contributed by atoms with E-state index in [1.165, 1.54) is 12.1 Å². The first kappa shape index (κ1) is 27.6. The van der Waals surface area contributed by atoms with Crippen LogP contribution in [-0.2, 0) is 28.2 Å². The van der Waals surface area contributed by atoms with Gasteiger partial charge in [0.15, 0.2) is 0 Å². The van der Waals surface area contributed by atoms with Gasteiger partial charge in [-0.2, -0.15) is 17.9 Å². The van der Waals surface area contributed by atoms with Crippen molar-refractivity contribution in [1.29, 1.82) is 0 Å². The third-order valence-corrected chi connectivity index (χ3v) is 7.35. The van der Waals surface area contributed by atoms with E-state index in [9.17, 15) is 34.8 Å². The fraction of sp³-hybridized carbons (Fsp3) is 0.115. The zero-order valence-electron chi connectivity index (χ0n) is 19.1. The molecular weight excluding hydrogens is 554 g/mol. The van der Waals surface area contributed by atoms with Crippen LogP contribution in [0.3, 0.4) is 0 Å². The molecule has 1 heterocycles. The van der Waals surface area contributed by atoms with Crippen molar-refractivity contribution in [2.45, 2.75) is 23.0 Å². The lowest BCUT2D eigenvalue weighted by atomic mass is 9.81. The predicted molar refractivity (Wildman–Crippen MR) is 128 cm³/mol. The van der Waals surface area contributed by atoms with Crippen LogP contribution in [0.2, 0.25) is 5.02 Å². The van der Waals surface area contributed by atoms with Crippen LogP contribution < -0.4 is 4.72 Å². The molecule has 198 valence electrons. The van der Waals surface area contributed by atoms with Crippen molar-refractivity contribution >= 4 is 21.6 Å². The van der Waals surface area contributed by atoms with Gasteiger partial charge in [0.1, 0.15) is 23.0 Å². The average molecular weight is 571 g/mol. The minimum absolute atomic E-state index is 0.132. The Kier molecular flexibility index (Phi) is 7.55. The minimum atomic E-state index is -4.98. The maximum atomic E-state index is 14.7. The van der Waals surface area contributed by atoms with Gasteiger partial charge in [-0.15, -0.1) is 0 Å². The number of sulfonamides is 1. The second kappa shape index (κ2) is 10.4. The summed E-state index contributed by atoms with van der Waals surface area (Å²) in [6.07, 6.45) is -4.20. The Balaban J connectivity index is 2.05. The molecule has 1 N–H and O–H groups in total. The number of rotatable bonds is 7. The molecule has 0 aliphatic heterocycles. The molecule has 0 saturated heterocycles. The third kappa shape index (κ3) is 6.01. The van der Waals surface area contributed by atoms with Gasteiger partial charge in [0.25, 0.3) is 0 Å². The van der Waals surface area contributed by atoms with E-state index in [4.69, 9.17) is 11.6 Å². The lowest BCUT2D eigenvalue weighted by Gasteiger charge is -2.35. The zero-order valence-corrected chi connectivity index (χ0v) is 20.7. The summed E-state index contributed by atoms with van der Waals surface area (Å²) >= 11 is 5.95. The Morgan fingerprint density at radius 3 is 1.97 bits per heavy atom. The van der Waals surface area contributed by atoms with Gasteiger partial charge in [0.2, 0.25) is 10.0 Å². The van der Waals surface area contributed by atoms with Gasteiger partial charge < -0.3 is 0 Å². The van der Waals surface area contributed by atoms with Crippen molar-refractivity contribution in [3.63, 3.8) is 0 Å². The van der Waals surface area contributed by atoms with Crippen molar-refractivity contribution in [2.24, 2.45) is 0 Å². The van der Waals surface area contributed by atoms with Crippen LogP contribution in [0.1, 0.15) is 22.4 Å². The molecule has 1 atom stereocenters. The minimum Gasteiger partial charge on any atom is -0.257 e. The van der Waals surface area contributed by atoms with Crippen LogP contribution in [0.4, 0.5) is 26.3 Å². The Hall–Kier alpha value is -3.41. The molecule has 3 aromatic carbocycles. The molecule has 0 aliphatic rings. The Morgan fingerprint density at radius 2 is 1.39 bits per heavy atom. The van der Waals surface area contributed by atoms with E-state index in [0.29, 0.717) is 29.8 Å². The second-order valence-corrected chi connectivity index (χ2v) is 10.5. The summed E-state index contributed by atoms with van der Waals surface area (Å²) in [6, 6.07) is 13.8. The van der Waals surface area contributed by atoms with Gasteiger partial charge in [-0.3, -0.25) is 4.98 Å². The van der Waals surface area contributed by atoms with Crippen molar-refractivity contribution in [3.05, 3.63) is 130 Å². The smallest absolute Gasteiger partial charge is 0.257 e. The average Bonchev–Trinajstić information content (AvgIpc) is 2.83. The molecule has 0 fully saturated rings. The maximum Gasteiger partial charge on any atom is 0.416 e. The van der Waals surface area contributed by atoms with E-state index in [2.05, 4.69) is 9.71 Å². The van der Waals surface area contributed by atoms with Gasteiger partial charge in [-0.05, 0) is 53.6 Å². The van der Waals surface area contributed by atoms with Gasteiger partial charge in [-0.1, -0.05) is 41.9 Å². The molecule has 4 aromatic rings. The monoisotopic (exact) mass is 570 g/mol. The van der Waals surface area contributed by atoms with E-state index in [1.54, 1.807) is 30.3 Å². The molecule has 38 heavy (non-hydrogen) atoms. The number of hydrogen-bond donors (Lipinski definition) is 1. The summed E-state index contributed by atoms with van der Waals surface area (Å²) in [5, 5.41) is 0.132. The van der Waals surface area contributed by atoms with Crippen LogP contribution in [0.25, 0.3) is 0 Å². The van der Waals surface area contributed by atoms with Crippen LogP contribution in [0.5, 0.6) is 0 Å². The van der Waals surface area contributed by atoms with Crippen LogP contribution in [0.15, 0.2) is 90.0 Å². The molecule has 0 unspecified atom stereocenters. The number of pyridine rings is 1. The Morgan fingerprint density at radius 1 is 0.789 bits per heavy atom. The summed E-state index contributed by atoms with van der Waals surface area (Å²) in [6.45, 7) is 0. The first-order chi connectivity index (χ1) is 17.8. The summed E-state index contributed by atoms with van der Waals surface area (Å²) < 4.78 is 113. The van der Waals surface area contributed by atoms with Gasteiger partial charge in [0.05, 0.1) is 21.2 Å². The Labute approximate surface area is 219 Å². The van der Waals surface area contributed by atoms with Crippen LogP contribution >= 0.6 is 11.6 Å². The van der Waals surface area contributed by atoms with Crippen molar-refractivity contribution in [2.75, 3.05) is 0 Å². The Bertz CT molecular complexity index is 1550. The first-order valence-corrected chi connectivity index (χ1v) is 12.7. The first-order valence-electron chi connectivity index (χ1n) is 10.8. The molecule has 0 amide bonds. The van der Waals surface area contributed by atoms with Crippen molar-refractivity contribution in [1.82, 2.24) is 9.71 Å². The predicted octanol–water partition coefficient (Wildman–Crippen LogP) is 6.64. The highest BCUT2D eigenvalue weighted by atomic mass is 35.5. The molecular formula is C26H17ClF6N2O2S. The molecule has 4 rings (SSSR count). The number of alkyl halides is 3.